The third-order valence-electron chi connectivity index (χ3n) is 2.48. The van der Waals surface area contributed by atoms with Gasteiger partial charge in [0.2, 0.25) is 0 Å². The number of hydrogen-bond acceptors (Lipinski definition) is 3. The average molecular weight is 226 g/mol. The first-order valence-electron chi connectivity index (χ1n) is 5.59. The number of hydrogen-bond donors (Lipinski definition) is 1. The maximum absolute atomic E-state index is 6.08. The lowest BCUT2D eigenvalue weighted by Gasteiger charge is -2.14. The summed E-state index contributed by atoms with van der Waals surface area (Å²) in [6.07, 6.45) is 3.24. The summed E-state index contributed by atoms with van der Waals surface area (Å²) in [6, 6.07) is 4.74. The minimum Gasteiger partial charge on any atom is -0.327 e. The first kappa shape index (κ1) is 12.7. The SMILES string of the molecule is CCc1ccc(CC(N)CCN(C)C)s1. The van der Waals surface area contributed by atoms with E-state index in [1.807, 2.05) is 11.3 Å². The molecule has 3 heteroatoms. The minimum absolute atomic E-state index is 0.302. The minimum atomic E-state index is 0.302. The van der Waals surface area contributed by atoms with Crippen molar-refractivity contribution < 1.29 is 0 Å². The molecule has 0 saturated heterocycles. The summed E-state index contributed by atoms with van der Waals surface area (Å²) in [5, 5.41) is 0. The lowest BCUT2D eigenvalue weighted by molar-refractivity contribution is 0.380. The third-order valence-corrected chi connectivity index (χ3v) is 3.73. The van der Waals surface area contributed by atoms with Gasteiger partial charge in [0.15, 0.2) is 0 Å². The van der Waals surface area contributed by atoms with Crippen LogP contribution in [0.3, 0.4) is 0 Å². The molecule has 1 aromatic rings. The van der Waals surface area contributed by atoms with Crippen molar-refractivity contribution in [3.63, 3.8) is 0 Å². The number of nitrogens with zero attached hydrogens (tertiary/aromatic N) is 1. The molecule has 2 nitrogen and oxygen atoms in total. The summed E-state index contributed by atoms with van der Waals surface area (Å²) in [5.41, 5.74) is 6.08. The number of rotatable bonds is 6. The van der Waals surface area contributed by atoms with Gasteiger partial charge in [-0.05, 0) is 52.0 Å². The molecule has 86 valence electrons. The van der Waals surface area contributed by atoms with E-state index in [1.54, 1.807) is 0 Å². The van der Waals surface area contributed by atoms with Gasteiger partial charge in [-0.2, -0.15) is 0 Å². The summed E-state index contributed by atoms with van der Waals surface area (Å²) in [6.45, 7) is 3.27. The van der Waals surface area contributed by atoms with Crippen molar-refractivity contribution in [3.05, 3.63) is 21.9 Å². The molecule has 2 N–H and O–H groups in total. The van der Waals surface area contributed by atoms with Gasteiger partial charge in [0.25, 0.3) is 0 Å². The molecule has 1 unspecified atom stereocenters. The molecule has 0 bridgehead atoms. The van der Waals surface area contributed by atoms with Gasteiger partial charge in [-0.1, -0.05) is 6.92 Å². The summed E-state index contributed by atoms with van der Waals surface area (Å²) >= 11 is 1.90. The second kappa shape index (κ2) is 6.26. The van der Waals surface area contributed by atoms with Gasteiger partial charge in [0.05, 0.1) is 0 Å². The Balaban J connectivity index is 2.33. The second-order valence-electron chi connectivity index (χ2n) is 4.28. The lowest BCUT2D eigenvalue weighted by Crippen LogP contribution is -2.27. The molecule has 0 aromatic carbocycles. The fourth-order valence-electron chi connectivity index (χ4n) is 1.51. The Labute approximate surface area is 97.1 Å². The van der Waals surface area contributed by atoms with Gasteiger partial charge in [-0.3, -0.25) is 0 Å². The second-order valence-corrected chi connectivity index (χ2v) is 5.53. The predicted molar refractivity (Wildman–Crippen MR) is 68.5 cm³/mol. The van der Waals surface area contributed by atoms with Gasteiger partial charge >= 0.3 is 0 Å². The zero-order chi connectivity index (χ0) is 11.3. The molecule has 15 heavy (non-hydrogen) atoms. The summed E-state index contributed by atoms with van der Waals surface area (Å²) in [5.74, 6) is 0. The molecular weight excluding hydrogens is 204 g/mol. The standard InChI is InChI=1S/C12H22N2S/c1-4-11-5-6-12(15-11)9-10(13)7-8-14(2)3/h5-6,10H,4,7-9,13H2,1-3H3. The van der Waals surface area contributed by atoms with E-state index in [0.717, 1.165) is 25.8 Å². The number of aryl methyl sites for hydroxylation is 1. The lowest BCUT2D eigenvalue weighted by atomic mass is 10.1. The van der Waals surface area contributed by atoms with Gasteiger partial charge < -0.3 is 10.6 Å². The Morgan fingerprint density at radius 2 is 2.00 bits per heavy atom. The molecule has 1 atom stereocenters. The first-order valence-corrected chi connectivity index (χ1v) is 6.41. The first-order chi connectivity index (χ1) is 7.11. The van der Waals surface area contributed by atoms with Crippen LogP contribution in [-0.2, 0) is 12.8 Å². The largest absolute Gasteiger partial charge is 0.327 e. The average Bonchev–Trinajstić information content (AvgIpc) is 2.62. The monoisotopic (exact) mass is 226 g/mol. The maximum Gasteiger partial charge on any atom is 0.00993 e. The Kier molecular flexibility index (Phi) is 5.29. The molecule has 0 spiro atoms. The van der Waals surface area contributed by atoms with Crippen molar-refractivity contribution >= 4 is 11.3 Å². The molecule has 1 rings (SSSR count). The van der Waals surface area contributed by atoms with Gasteiger partial charge in [-0.15, -0.1) is 11.3 Å². The highest BCUT2D eigenvalue weighted by atomic mass is 32.1. The van der Waals surface area contributed by atoms with Crippen LogP contribution in [0.25, 0.3) is 0 Å². The van der Waals surface area contributed by atoms with Crippen LogP contribution in [0, 0.1) is 0 Å². The smallest absolute Gasteiger partial charge is 0.00993 e. The van der Waals surface area contributed by atoms with Crippen LogP contribution < -0.4 is 5.73 Å². The molecule has 0 amide bonds. The highest BCUT2D eigenvalue weighted by Crippen LogP contribution is 2.18. The Morgan fingerprint density at radius 1 is 1.33 bits per heavy atom. The van der Waals surface area contributed by atoms with Gasteiger partial charge in [-0.25, -0.2) is 0 Å². The summed E-state index contributed by atoms with van der Waals surface area (Å²) in [7, 11) is 4.18. The zero-order valence-corrected chi connectivity index (χ0v) is 10.8. The highest BCUT2D eigenvalue weighted by molar-refractivity contribution is 7.11. The molecule has 0 aliphatic carbocycles. The summed E-state index contributed by atoms with van der Waals surface area (Å²) in [4.78, 5) is 5.08. The molecule has 0 fully saturated rings. The maximum atomic E-state index is 6.08. The van der Waals surface area contributed by atoms with E-state index >= 15 is 0 Å². The van der Waals surface area contributed by atoms with Crippen LogP contribution in [0.15, 0.2) is 12.1 Å². The molecule has 1 heterocycles. The normalized spacial score (nSPS) is 13.4. The molecule has 0 saturated carbocycles. The van der Waals surface area contributed by atoms with E-state index in [9.17, 15) is 0 Å². The molecule has 0 aliphatic rings. The quantitative estimate of drug-likeness (QED) is 0.805. The van der Waals surface area contributed by atoms with Crippen LogP contribution in [-0.4, -0.2) is 31.6 Å². The van der Waals surface area contributed by atoms with Crippen molar-refractivity contribution in [1.82, 2.24) is 4.90 Å². The van der Waals surface area contributed by atoms with Crippen molar-refractivity contribution in [1.29, 1.82) is 0 Å². The van der Waals surface area contributed by atoms with Crippen LogP contribution in [0.1, 0.15) is 23.1 Å². The van der Waals surface area contributed by atoms with Crippen LogP contribution in [0.2, 0.25) is 0 Å². The van der Waals surface area contributed by atoms with Crippen LogP contribution in [0.5, 0.6) is 0 Å². The molecule has 0 radical (unpaired) electrons. The number of thiophene rings is 1. The van der Waals surface area contributed by atoms with Crippen molar-refractivity contribution in [2.45, 2.75) is 32.2 Å². The van der Waals surface area contributed by atoms with Crippen molar-refractivity contribution in [2.24, 2.45) is 5.73 Å². The molecule has 0 aliphatic heterocycles. The van der Waals surface area contributed by atoms with Crippen LogP contribution in [0.4, 0.5) is 0 Å². The van der Waals surface area contributed by atoms with Crippen LogP contribution >= 0.6 is 11.3 Å². The van der Waals surface area contributed by atoms with Crippen molar-refractivity contribution in [3.8, 4) is 0 Å². The third kappa shape index (κ3) is 4.78. The molecule has 1 aromatic heterocycles. The Bertz CT molecular complexity index is 281. The highest BCUT2D eigenvalue weighted by Gasteiger charge is 2.06. The van der Waals surface area contributed by atoms with E-state index < -0.39 is 0 Å². The zero-order valence-electron chi connectivity index (χ0n) is 9.99. The van der Waals surface area contributed by atoms with E-state index in [0.29, 0.717) is 6.04 Å². The summed E-state index contributed by atoms with van der Waals surface area (Å²) < 4.78 is 0. The Morgan fingerprint density at radius 3 is 2.53 bits per heavy atom. The number of nitrogens with two attached hydrogens (primary N) is 1. The fourth-order valence-corrected chi connectivity index (χ4v) is 2.56. The van der Waals surface area contributed by atoms with Gasteiger partial charge in [0.1, 0.15) is 0 Å². The topological polar surface area (TPSA) is 29.3 Å². The predicted octanol–water partition coefficient (Wildman–Crippen LogP) is 2.13. The van der Waals surface area contributed by atoms with E-state index in [4.69, 9.17) is 5.73 Å². The van der Waals surface area contributed by atoms with E-state index in [2.05, 4.69) is 38.1 Å². The van der Waals surface area contributed by atoms with Crippen molar-refractivity contribution in [2.75, 3.05) is 20.6 Å². The van der Waals surface area contributed by atoms with E-state index in [1.165, 1.54) is 9.75 Å². The molecular formula is C12H22N2S. The fraction of sp³-hybridized carbons (Fsp3) is 0.667. The Hall–Kier alpha value is -0.380. The van der Waals surface area contributed by atoms with Gasteiger partial charge in [0, 0.05) is 15.8 Å². The van der Waals surface area contributed by atoms with E-state index in [-0.39, 0.29) is 0 Å².